The summed E-state index contributed by atoms with van der Waals surface area (Å²) in [6, 6.07) is 3.58. The lowest BCUT2D eigenvalue weighted by Gasteiger charge is -2.34. The fourth-order valence-corrected chi connectivity index (χ4v) is 3.08. The number of alkyl halides is 3. The highest BCUT2D eigenvalue weighted by molar-refractivity contribution is 7.09. The first-order chi connectivity index (χ1) is 13.1. The van der Waals surface area contributed by atoms with Crippen molar-refractivity contribution in [3.8, 4) is 0 Å². The van der Waals surface area contributed by atoms with E-state index < -0.39 is 12.1 Å². The summed E-state index contributed by atoms with van der Waals surface area (Å²) < 4.78 is 37.3. The first-order valence-corrected chi connectivity index (χ1v) is 9.01. The number of carboxylic acids is 1. The molecule has 28 heavy (non-hydrogen) atoms. The highest BCUT2D eigenvalue weighted by atomic mass is 32.1. The number of carbonyl (C=O) groups excluding carboxylic acids is 1. The predicted octanol–water partition coefficient (Wildman–Crippen LogP) is 3.00. The Bertz CT molecular complexity index is 841. The molecule has 3 rings (SSSR count). The van der Waals surface area contributed by atoms with Gasteiger partial charge in [-0.1, -0.05) is 0 Å². The van der Waals surface area contributed by atoms with Gasteiger partial charge in [0.05, 0.1) is 30.0 Å². The summed E-state index contributed by atoms with van der Waals surface area (Å²) in [6.07, 6.45) is -3.41. The number of pyridine rings is 1. The van der Waals surface area contributed by atoms with Gasteiger partial charge >= 0.3 is 12.1 Å². The van der Waals surface area contributed by atoms with E-state index in [2.05, 4.69) is 9.97 Å². The minimum Gasteiger partial charge on any atom is -0.475 e. The summed E-state index contributed by atoms with van der Waals surface area (Å²) >= 11 is 1.59. The minimum absolute atomic E-state index is 0.0577. The van der Waals surface area contributed by atoms with E-state index >= 15 is 0 Å². The molecule has 1 unspecified atom stereocenters. The third-order valence-corrected chi connectivity index (χ3v) is 4.54. The van der Waals surface area contributed by atoms with Crippen LogP contribution in [0.5, 0.6) is 0 Å². The molecule has 0 radical (unpaired) electrons. The van der Waals surface area contributed by atoms with E-state index in [1.165, 1.54) is 0 Å². The lowest BCUT2D eigenvalue weighted by Crippen LogP contribution is -2.43. The predicted molar refractivity (Wildman–Crippen MR) is 94.1 cm³/mol. The van der Waals surface area contributed by atoms with Gasteiger partial charge in [0.25, 0.3) is 5.91 Å². The Morgan fingerprint density at radius 2 is 2.04 bits per heavy atom. The molecule has 0 aromatic carbocycles. The molecule has 1 amide bonds. The topological polar surface area (TPSA) is 92.6 Å². The second kappa shape index (κ2) is 9.11. The van der Waals surface area contributed by atoms with E-state index in [1.807, 2.05) is 36.3 Å². The third kappa shape index (κ3) is 5.73. The second-order valence-corrected chi connectivity index (χ2v) is 6.96. The summed E-state index contributed by atoms with van der Waals surface area (Å²) in [5.74, 6) is -2.81. The number of thiazole rings is 1. The maximum Gasteiger partial charge on any atom is 0.490 e. The number of ether oxygens (including phenoxy) is 1. The Morgan fingerprint density at radius 1 is 1.36 bits per heavy atom. The fraction of sp³-hybridized carbons (Fsp3) is 0.412. The Hall–Kier alpha value is -2.53. The lowest BCUT2D eigenvalue weighted by molar-refractivity contribution is -0.192. The molecule has 3 heterocycles. The first-order valence-electron chi connectivity index (χ1n) is 8.13. The molecule has 7 nitrogen and oxygen atoms in total. The maximum absolute atomic E-state index is 12.7. The van der Waals surface area contributed by atoms with Gasteiger partial charge < -0.3 is 14.7 Å². The van der Waals surface area contributed by atoms with Crippen LogP contribution in [0.1, 0.15) is 32.8 Å². The molecule has 152 valence electrons. The van der Waals surface area contributed by atoms with Crippen LogP contribution in [0.3, 0.4) is 0 Å². The highest BCUT2D eigenvalue weighted by Gasteiger charge is 2.38. The third-order valence-electron chi connectivity index (χ3n) is 3.74. The molecule has 1 aliphatic rings. The van der Waals surface area contributed by atoms with Crippen molar-refractivity contribution < 1.29 is 32.6 Å². The number of nitrogens with zero attached hydrogens (tertiary/aromatic N) is 3. The number of hydrogen-bond acceptors (Lipinski definition) is 6. The number of carbonyl (C=O) groups is 2. The maximum atomic E-state index is 12.7. The number of aromatic nitrogens is 2. The zero-order chi connectivity index (χ0) is 20.9. The van der Waals surface area contributed by atoms with E-state index in [9.17, 15) is 18.0 Å². The molecule has 0 bridgehead atoms. The molecule has 0 spiro atoms. The van der Waals surface area contributed by atoms with Gasteiger partial charge in [0.15, 0.2) is 0 Å². The molecular weight excluding hydrogens is 399 g/mol. The zero-order valence-corrected chi connectivity index (χ0v) is 15.9. The second-order valence-electron chi connectivity index (χ2n) is 5.90. The van der Waals surface area contributed by atoms with Crippen LogP contribution in [-0.2, 0) is 9.53 Å². The number of hydrogen-bond donors (Lipinski definition) is 1. The van der Waals surface area contributed by atoms with Crippen LogP contribution in [0.2, 0.25) is 0 Å². The Balaban J connectivity index is 0.000000345. The average molecular weight is 417 g/mol. The quantitative estimate of drug-likeness (QED) is 0.808. The van der Waals surface area contributed by atoms with Gasteiger partial charge in [-0.05, 0) is 31.5 Å². The molecular formula is C17H18F3N3O4S. The van der Waals surface area contributed by atoms with Gasteiger partial charge in [-0.15, -0.1) is 11.3 Å². The summed E-state index contributed by atoms with van der Waals surface area (Å²) in [5, 5.41) is 10.1. The van der Waals surface area contributed by atoms with Gasteiger partial charge in [0.2, 0.25) is 0 Å². The summed E-state index contributed by atoms with van der Waals surface area (Å²) in [6.45, 7) is 5.53. The summed E-state index contributed by atoms with van der Waals surface area (Å²) in [4.78, 5) is 32.1. The average Bonchev–Trinajstić information content (AvgIpc) is 3.07. The Labute approximate surface area is 162 Å². The molecule has 1 atom stereocenters. The normalized spacial score (nSPS) is 16.9. The van der Waals surface area contributed by atoms with Crippen molar-refractivity contribution in [2.24, 2.45) is 0 Å². The number of aliphatic carboxylic acids is 1. The Kier molecular flexibility index (Phi) is 7.08. The molecule has 11 heteroatoms. The lowest BCUT2D eigenvalue weighted by atomic mass is 10.1. The SMILES string of the molecule is Cc1ccnc(C(=O)N2CCOCC2c2csc(C)n2)c1.O=C(O)C(F)(F)F. The number of halogens is 3. The van der Waals surface area contributed by atoms with Gasteiger partial charge in [-0.2, -0.15) is 13.2 Å². The molecule has 1 fully saturated rings. The fourth-order valence-electron chi connectivity index (χ4n) is 2.43. The Morgan fingerprint density at radius 3 is 2.57 bits per heavy atom. The monoisotopic (exact) mass is 417 g/mol. The summed E-state index contributed by atoms with van der Waals surface area (Å²) in [5.41, 5.74) is 2.41. The standard InChI is InChI=1S/C15H17N3O2S.C2HF3O2/c1-10-3-4-16-12(7-10)15(19)18-5-6-20-8-14(18)13-9-21-11(2)17-13;3-2(4,5)1(6)7/h3-4,7,9,14H,5-6,8H2,1-2H3;(H,6,7). The highest BCUT2D eigenvalue weighted by Crippen LogP contribution is 2.26. The van der Waals surface area contributed by atoms with Crippen LogP contribution in [0.4, 0.5) is 13.2 Å². The number of rotatable bonds is 2. The number of carboxylic acid groups (broad SMARTS) is 1. The van der Waals surface area contributed by atoms with Crippen molar-refractivity contribution in [2.45, 2.75) is 26.1 Å². The van der Waals surface area contributed by atoms with E-state index in [-0.39, 0.29) is 11.9 Å². The van der Waals surface area contributed by atoms with E-state index in [0.717, 1.165) is 16.3 Å². The van der Waals surface area contributed by atoms with Crippen molar-refractivity contribution >= 4 is 23.2 Å². The van der Waals surface area contributed by atoms with Crippen molar-refractivity contribution in [2.75, 3.05) is 19.8 Å². The number of morpholine rings is 1. The van der Waals surface area contributed by atoms with Gasteiger partial charge in [-0.3, -0.25) is 9.78 Å². The summed E-state index contributed by atoms with van der Waals surface area (Å²) in [7, 11) is 0. The van der Waals surface area contributed by atoms with Crippen LogP contribution in [0.25, 0.3) is 0 Å². The molecule has 2 aromatic rings. The molecule has 2 aromatic heterocycles. The van der Waals surface area contributed by atoms with Crippen LogP contribution in [-0.4, -0.2) is 57.8 Å². The van der Waals surface area contributed by atoms with Gasteiger partial charge in [-0.25, -0.2) is 9.78 Å². The molecule has 0 aliphatic carbocycles. The van der Waals surface area contributed by atoms with Crippen LogP contribution in [0.15, 0.2) is 23.7 Å². The largest absolute Gasteiger partial charge is 0.490 e. The number of amides is 1. The van der Waals surface area contributed by atoms with E-state index in [1.54, 1.807) is 17.5 Å². The van der Waals surface area contributed by atoms with Crippen molar-refractivity contribution in [3.63, 3.8) is 0 Å². The van der Waals surface area contributed by atoms with Gasteiger partial charge in [0.1, 0.15) is 5.69 Å². The smallest absolute Gasteiger partial charge is 0.475 e. The molecule has 1 aliphatic heterocycles. The molecule has 0 saturated carbocycles. The van der Waals surface area contributed by atoms with Gasteiger partial charge in [0, 0.05) is 18.1 Å². The van der Waals surface area contributed by atoms with Crippen LogP contribution < -0.4 is 0 Å². The number of aryl methyl sites for hydroxylation is 2. The van der Waals surface area contributed by atoms with E-state index in [4.69, 9.17) is 14.6 Å². The van der Waals surface area contributed by atoms with Crippen LogP contribution in [0, 0.1) is 13.8 Å². The molecule has 1 N–H and O–H groups in total. The molecule has 1 saturated heterocycles. The van der Waals surface area contributed by atoms with Crippen molar-refractivity contribution in [3.05, 3.63) is 45.7 Å². The van der Waals surface area contributed by atoms with Crippen LogP contribution >= 0.6 is 11.3 Å². The van der Waals surface area contributed by atoms with Crippen molar-refractivity contribution in [1.82, 2.24) is 14.9 Å². The zero-order valence-electron chi connectivity index (χ0n) is 15.1. The minimum atomic E-state index is -5.08. The van der Waals surface area contributed by atoms with E-state index in [0.29, 0.717) is 25.5 Å². The first kappa shape index (κ1) is 21.8. The van der Waals surface area contributed by atoms with Crippen molar-refractivity contribution in [1.29, 1.82) is 0 Å².